The zero-order valence-corrected chi connectivity index (χ0v) is 13.1. The lowest BCUT2D eigenvalue weighted by Crippen LogP contribution is -2.39. The maximum atomic E-state index is 5.89. The molecule has 1 aliphatic heterocycles. The molecule has 2 rings (SSSR count). The summed E-state index contributed by atoms with van der Waals surface area (Å²) in [4.78, 5) is 2.45. The maximum Gasteiger partial charge on any atom is 0.118 e. The average molecular weight is 280 g/mol. The van der Waals surface area contributed by atoms with Crippen LogP contribution < -0.4 is 5.32 Å². The van der Waals surface area contributed by atoms with Crippen molar-refractivity contribution in [2.24, 2.45) is 0 Å². The molecule has 114 valence electrons. The molecule has 4 nitrogen and oxygen atoms in total. The zero-order chi connectivity index (χ0) is 14.4. The van der Waals surface area contributed by atoms with Crippen molar-refractivity contribution in [1.29, 1.82) is 0 Å². The van der Waals surface area contributed by atoms with E-state index in [0.717, 1.165) is 50.7 Å². The van der Waals surface area contributed by atoms with E-state index in [4.69, 9.17) is 9.15 Å². The molecule has 2 heterocycles. The first-order valence-corrected chi connectivity index (χ1v) is 7.79. The summed E-state index contributed by atoms with van der Waals surface area (Å²) < 4.78 is 11.7. The van der Waals surface area contributed by atoms with Crippen molar-refractivity contribution in [3.63, 3.8) is 0 Å². The topological polar surface area (TPSA) is 37.6 Å². The van der Waals surface area contributed by atoms with E-state index in [1.165, 1.54) is 18.4 Å². The van der Waals surface area contributed by atoms with Crippen LogP contribution in [0, 0.1) is 6.92 Å². The fourth-order valence-corrected chi connectivity index (χ4v) is 2.83. The Labute approximate surface area is 122 Å². The highest BCUT2D eigenvalue weighted by Crippen LogP contribution is 2.20. The number of likely N-dealkylation sites (tertiary alicyclic amines) is 1. The van der Waals surface area contributed by atoms with Gasteiger partial charge in [-0.2, -0.15) is 0 Å². The molecule has 0 saturated carbocycles. The number of rotatable bonds is 7. The van der Waals surface area contributed by atoms with E-state index >= 15 is 0 Å². The molecule has 1 saturated heterocycles. The largest absolute Gasteiger partial charge is 0.465 e. The Morgan fingerprint density at radius 3 is 3.10 bits per heavy atom. The normalized spacial score (nSPS) is 20.4. The molecular formula is C16H28N2O2. The van der Waals surface area contributed by atoms with Crippen molar-refractivity contribution in [3.8, 4) is 0 Å². The lowest BCUT2D eigenvalue weighted by Gasteiger charge is -2.31. The van der Waals surface area contributed by atoms with Gasteiger partial charge in [0.25, 0.3) is 0 Å². The number of hydrogen-bond acceptors (Lipinski definition) is 4. The number of aryl methyl sites for hydroxylation is 1. The van der Waals surface area contributed by atoms with Crippen molar-refractivity contribution < 1.29 is 9.15 Å². The van der Waals surface area contributed by atoms with Gasteiger partial charge in [-0.3, -0.25) is 4.90 Å². The summed E-state index contributed by atoms with van der Waals surface area (Å²) in [6.07, 6.45) is 3.91. The molecule has 1 N–H and O–H groups in total. The molecule has 20 heavy (non-hydrogen) atoms. The van der Waals surface area contributed by atoms with E-state index in [0.29, 0.717) is 6.10 Å². The molecule has 0 aliphatic carbocycles. The lowest BCUT2D eigenvalue weighted by molar-refractivity contribution is -0.00377. The van der Waals surface area contributed by atoms with Gasteiger partial charge < -0.3 is 14.5 Å². The highest BCUT2D eigenvalue weighted by Gasteiger charge is 2.21. The molecule has 1 aromatic rings. The molecule has 0 spiro atoms. The molecule has 1 fully saturated rings. The molecule has 1 aliphatic rings. The van der Waals surface area contributed by atoms with Crippen LogP contribution in [0.15, 0.2) is 10.5 Å². The maximum absolute atomic E-state index is 5.89. The van der Waals surface area contributed by atoms with Crippen LogP contribution in [-0.4, -0.2) is 37.7 Å². The van der Waals surface area contributed by atoms with Gasteiger partial charge in [0.15, 0.2) is 0 Å². The van der Waals surface area contributed by atoms with E-state index < -0.39 is 0 Å². The number of hydrogen-bond donors (Lipinski definition) is 1. The molecular weight excluding hydrogens is 252 g/mol. The summed E-state index contributed by atoms with van der Waals surface area (Å²) >= 11 is 0. The quantitative estimate of drug-likeness (QED) is 0.833. The van der Waals surface area contributed by atoms with Crippen molar-refractivity contribution in [3.05, 3.63) is 23.2 Å². The number of nitrogens with one attached hydrogen (secondary N) is 1. The van der Waals surface area contributed by atoms with Crippen LogP contribution in [0.5, 0.6) is 0 Å². The van der Waals surface area contributed by atoms with E-state index in [2.05, 4.69) is 23.2 Å². The second kappa shape index (κ2) is 7.81. The van der Waals surface area contributed by atoms with Crippen LogP contribution in [0.2, 0.25) is 0 Å². The lowest BCUT2D eigenvalue weighted by atomic mass is 10.1. The van der Waals surface area contributed by atoms with Gasteiger partial charge in [-0.1, -0.05) is 6.92 Å². The summed E-state index contributed by atoms with van der Waals surface area (Å²) in [5.41, 5.74) is 1.26. The first-order chi connectivity index (χ1) is 9.72. The number of furan rings is 1. The van der Waals surface area contributed by atoms with Gasteiger partial charge in [0.1, 0.15) is 11.5 Å². The Balaban J connectivity index is 1.87. The summed E-state index contributed by atoms with van der Waals surface area (Å²) in [6, 6.07) is 2.18. The molecule has 0 bridgehead atoms. The molecule has 4 heteroatoms. The van der Waals surface area contributed by atoms with Gasteiger partial charge in [0, 0.05) is 25.3 Å². The van der Waals surface area contributed by atoms with Gasteiger partial charge >= 0.3 is 0 Å². The summed E-state index contributed by atoms with van der Waals surface area (Å²) in [6.45, 7) is 9.03. The van der Waals surface area contributed by atoms with Crippen LogP contribution >= 0.6 is 0 Å². The van der Waals surface area contributed by atoms with Crippen LogP contribution in [0.1, 0.15) is 43.3 Å². The van der Waals surface area contributed by atoms with E-state index in [-0.39, 0.29) is 0 Å². The van der Waals surface area contributed by atoms with Crippen LogP contribution in [0.25, 0.3) is 0 Å². The number of ether oxygens (including phenoxy) is 1. The third kappa shape index (κ3) is 4.33. The number of piperidine rings is 1. The van der Waals surface area contributed by atoms with Gasteiger partial charge in [0.05, 0.1) is 12.6 Å². The summed E-state index contributed by atoms with van der Waals surface area (Å²) in [5, 5.41) is 3.18. The highest BCUT2D eigenvalue weighted by molar-refractivity contribution is 5.20. The standard InChI is InChI=1S/C16H28N2O2/c1-4-8-19-15-6-5-7-18(11-15)12-16-9-14(10-17-3)13(2)20-16/h9,15,17H,4-8,10-12H2,1-3H3. The highest BCUT2D eigenvalue weighted by atomic mass is 16.5. The molecule has 1 aromatic heterocycles. The SMILES string of the molecule is CCCOC1CCCN(Cc2cc(CNC)c(C)o2)C1. The Morgan fingerprint density at radius 2 is 2.35 bits per heavy atom. The fourth-order valence-electron chi connectivity index (χ4n) is 2.83. The monoisotopic (exact) mass is 280 g/mol. The predicted molar refractivity (Wildman–Crippen MR) is 80.8 cm³/mol. The Kier molecular flexibility index (Phi) is 6.07. The molecule has 1 atom stereocenters. The smallest absolute Gasteiger partial charge is 0.118 e. The van der Waals surface area contributed by atoms with Gasteiger partial charge in [-0.05, 0) is 45.8 Å². The first kappa shape index (κ1) is 15.5. The van der Waals surface area contributed by atoms with E-state index in [9.17, 15) is 0 Å². The van der Waals surface area contributed by atoms with Crippen molar-refractivity contribution in [2.45, 2.75) is 52.3 Å². The van der Waals surface area contributed by atoms with Crippen molar-refractivity contribution in [1.82, 2.24) is 10.2 Å². The third-order valence-corrected chi connectivity index (χ3v) is 3.84. The zero-order valence-electron chi connectivity index (χ0n) is 13.1. The summed E-state index contributed by atoms with van der Waals surface area (Å²) in [5.74, 6) is 2.11. The van der Waals surface area contributed by atoms with Gasteiger partial charge in [-0.25, -0.2) is 0 Å². The van der Waals surface area contributed by atoms with Crippen LogP contribution in [-0.2, 0) is 17.8 Å². The average Bonchev–Trinajstić information content (AvgIpc) is 2.77. The van der Waals surface area contributed by atoms with Crippen molar-refractivity contribution >= 4 is 0 Å². The second-order valence-corrected chi connectivity index (χ2v) is 5.69. The van der Waals surface area contributed by atoms with E-state index in [1.54, 1.807) is 0 Å². The molecule has 0 radical (unpaired) electrons. The molecule has 0 amide bonds. The molecule has 0 aromatic carbocycles. The van der Waals surface area contributed by atoms with Gasteiger partial charge in [-0.15, -0.1) is 0 Å². The summed E-state index contributed by atoms with van der Waals surface area (Å²) in [7, 11) is 1.96. The minimum Gasteiger partial charge on any atom is -0.465 e. The fraction of sp³-hybridized carbons (Fsp3) is 0.750. The van der Waals surface area contributed by atoms with Gasteiger partial charge in [0.2, 0.25) is 0 Å². The first-order valence-electron chi connectivity index (χ1n) is 7.79. The minimum atomic E-state index is 0.400. The van der Waals surface area contributed by atoms with Crippen LogP contribution in [0.3, 0.4) is 0 Å². The van der Waals surface area contributed by atoms with Crippen LogP contribution in [0.4, 0.5) is 0 Å². The predicted octanol–water partition coefficient (Wildman–Crippen LogP) is 2.70. The minimum absolute atomic E-state index is 0.400. The Hall–Kier alpha value is -0.840. The number of nitrogens with zero attached hydrogens (tertiary/aromatic N) is 1. The Bertz CT molecular complexity index is 403. The third-order valence-electron chi connectivity index (χ3n) is 3.84. The molecule has 1 unspecified atom stereocenters. The second-order valence-electron chi connectivity index (χ2n) is 5.69. The Morgan fingerprint density at radius 1 is 1.50 bits per heavy atom. The van der Waals surface area contributed by atoms with Crippen molar-refractivity contribution in [2.75, 3.05) is 26.7 Å². The van der Waals surface area contributed by atoms with E-state index in [1.807, 2.05) is 14.0 Å².